The van der Waals surface area contributed by atoms with Crippen molar-refractivity contribution in [2.45, 2.75) is 38.3 Å². The summed E-state index contributed by atoms with van der Waals surface area (Å²) in [6, 6.07) is 10.7. The molecule has 1 amide bonds. The highest BCUT2D eigenvalue weighted by atomic mass is 16.2. The first-order chi connectivity index (χ1) is 9.34. The van der Waals surface area contributed by atoms with E-state index in [4.69, 9.17) is 0 Å². The normalized spacial score (nSPS) is 27.8. The first-order valence-corrected chi connectivity index (χ1v) is 7.39. The molecule has 2 heterocycles. The number of carbonyl (C=O) groups excluding carboxylic acids is 1. The summed E-state index contributed by atoms with van der Waals surface area (Å²) in [6.45, 7) is 2.83. The molecular weight excluding hydrogens is 236 g/mol. The number of rotatable bonds is 2. The molecule has 2 atom stereocenters. The number of amides is 1. The average Bonchev–Trinajstić information content (AvgIpc) is 2.69. The maximum absolute atomic E-state index is 12.3. The number of benzene rings is 1. The highest BCUT2D eigenvalue weighted by Gasteiger charge is 2.35. The Labute approximate surface area is 115 Å². The van der Waals surface area contributed by atoms with Crippen molar-refractivity contribution >= 4 is 5.91 Å². The van der Waals surface area contributed by atoms with E-state index < -0.39 is 0 Å². The van der Waals surface area contributed by atoms with Gasteiger partial charge in [0.15, 0.2) is 0 Å². The topological polar surface area (TPSA) is 32.3 Å². The van der Waals surface area contributed by atoms with Crippen LogP contribution in [0.15, 0.2) is 30.3 Å². The Balaban J connectivity index is 1.78. The number of nitrogens with one attached hydrogen (secondary N) is 1. The highest BCUT2D eigenvalue weighted by Crippen LogP contribution is 2.30. The van der Waals surface area contributed by atoms with Crippen LogP contribution < -0.4 is 5.32 Å². The molecule has 2 saturated heterocycles. The van der Waals surface area contributed by atoms with Crippen molar-refractivity contribution in [3.05, 3.63) is 35.9 Å². The molecule has 2 aliphatic rings. The Hall–Kier alpha value is -1.35. The van der Waals surface area contributed by atoms with E-state index in [9.17, 15) is 4.79 Å². The van der Waals surface area contributed by atoms with Crippen molar-refractivity contribution in [1.82, 2.24) is 10.2 Å². The van der Waals surface area contributed by atoms with Gasteiger partial charge in [0.1, 0.15) is 0 Å². The fourth-order valence-corrected chi connectivity index (χ4v) is 3.42. The maximum Gasteiger partial charge on any atom is 0.223 e. The number of carbonyl (C=O) groups is 1. The lowest BCUT2D eigenvalue weighted by Gasteiger charge is -2.40. The standard InChI is InChI=1S/C16H22N2O/c19-16-9-8-14-7-4-10-17-11-15(14)18(16)12-13-5-2-1-3-6-13/h1-3,5-6,14-15,17H,4,7-12H2/t14-,15+/m0/s1. The van der Waals surface area contributed by atoms with Gasteiger partial charge in [0.05, 0.1) is 0 Å². The number of nitrogens with zero attached hydrogens (tertiary/aromatic N) is 1. The molecule has 0 radical (unpaired) electrons. The third kappa shape index (κ3) is 2.81. The fraction of sp³-hybridized carbons (Fsp3) is 0.562. The molecule has 102 valence electrons. The monoisotopic (exact) mass is 258 g/mol. The van der Waals surface area contributed by atoms with Gasteiger partial charge in [-0.1, -0.05) is 30.3 Å². The van der Waals surface area contributed by atoms with E-state index in [-0.39, 0.29) is 0 Å². The van der Waals surface area contributed by atoms with Gasteiger partial charge >= 0.3 is 0 Å². The van der Waals surface area contributed by atoms with Crippen molar-refractivity contribution in [2.24, 2.45) is 5.92 Å². The number of hydrogen-bond donors (Lipinski definition) is 1. The summed E-state index contributed by atoms with van der Waals surface area (Å²) in [6.07, 6.45) is 4.31. The molecule has 1 N–H and O–H groups in total. The predicted octanol–water partition coefficient (Wildman–Crippen LogP) is 2.18. The summed E-state index contributed by atoms with van der Waals surface area (Å²) >= 11 is 0. The highest BCUT2D eigenvalue weighted by molar-refractivity contribution is 5.77. The van der Waals surface area contributed by atoms with Crippen molar-refractivity contribution < 1.29 is 4.79 Å². The van der Waals surface area contributed by atoms with E-state index in [1.165, 1.54) is 18.4 Å². The van der Waals surface area contributed by atoms with E-state index >= 15 is 0 Å². The lowest BCUT2D eigenvalue weighted by Crippen LogP contribution is -2.51. The second-order valence-corrected chi connectivity index (χ2v) is 5.72. The first kappa shape index (κ1) is 12.7. The largest absolute Gasteiger partial charge is 0.334 e. The smallest absolute Gasteiger partial charge is 0.223 e. The van der Waals surface area contributed by atoms with Crippen molar-refractivity contribution in [3.63, 3.8) is 0 Å². The molecule has 0 aromatic heterocycles. The van der Waals surface area contributed by atoms with Crippen LogP contribution in [0.25, 0.3) is 0 Å². The molecular formula is C16H22N2O. The van der Waals surface area contributed by atoms with Gasteiger partial charge in [0.2, 0.25) is 5.91 Å². The molecule has 2 aliphatic heterocycles. The van der Waals surface area contributed by atoms with Gasteiger partial charge in [-0.2, -0.15) is 0 Å². The summed E-state index contributed by atoms with van der Waals surface area (Å²) in [5, 5.41) is 3.49. The Kier molecular flexibility index (Phi) is 3.83. The quantitative estimate of drug-likeness (QED) is 0.882. The summed E-state index contributed by atoms with van der Waals surface area (Å²) in [7, 11) is 0. The SMILES string of the molecule is O=C1CC[C@@H]2CCCNC[C@H]2N1Cc1ccccc1. The van der Waals surface area contributed by atoms with Crippen LogP contribution in [0.5, 0.6) is 0 Å². The fourth-order valence-electron chi connectivity index (χ4n) is 3.42. The van der Waals surface area contributed by atoms with E-state index in [2.05, 4.69) is 22.3 Å². The van der Waals surface area contributed by atoms with Crippen LogP contribution in [0.2, 0.25) is 0 Å². The van der Waals surface area contributed by atoms with E-state index in [0.717, 1.165) is 32.5 Å². The maximum atomic E-state index is 12.3. The minimum atomic E-state index is 0.328. The van der Waals surface area contributed by atoms with Gasteiger partial charge in [0, 0.05) is 25.6 Å². The third-order valence-corrected chi connectivity index (χ3v) is 4.47. The molecule has 0 saturated carbocycles. The van der Waals surface area contributed by atoms with E-state index in [1.807, 2.05) is 18.2 Å². The van der Waals surface area contributed by atoms with Gasteiger partial charge < -0.3 is 10.2 Å². The van der Waals surface area contributed by atoms with Crippen LogP contribution in [0.1, 0.15) is 31.2 Å². The zero-order valence-electron chi connectivity index (χ0n) is 11.3. The Bertz CT molecular complexity index is 432. The molecule has 2 fully saturated rings. The molecule has 0 spiro atoms. The lowest BCUT2D eigenvalue weighted by molar-refractivity contribution is -0.139. The Morgan fingerprint density at radius 2 is 2.05 bits per heavy atom. The van der Waals surface area contributed by atoms with Crippen LogP contribution in [-0.2, 0) is 11.3 Å². The molecule has 3 rings (SSSR count). The molecule has 0 aliphatic carbocycles. The van der Waals surface area contributed by atoms with E-state index in [0.29, 0.717) is 17.9 Å². The summed E-state index contributed by atoms with van der Waals surface area (Å²) in [5.41, 5.74) is 1.24. The number of piperidine rings is 1. The zero-order chi connectivity index (χ0) is 13.1. The van der Waals surface area contributed by atoms with Crippen molar-refractivity contribution in [2.75, 3.05) is 13.1 Å². The zero-order valence-corrected chi connectivity index (χ0v) is 11.3. The minimum absolute atomic E-state index is 0.328. The van der Waals surface area contributed by atoms with Crippen molar-refractivity contribution in [3.8, 4) is 0 Å². The van der Waals surface area contributed by atoms with Crippen LogP contribution in [0.3, 0.4) is 0 Å². The first-order valence-electron chi connectivity index (χ1n) is 7.39. The molecule has 0 unspecified atom stereocenters. The average molecular weight is 258 g/mol. The summed E-state index contributed by atoms with van der Waals surface area (Å²) in [4.78, 5) is 14.4. The predicted molar refractivity (Wildman–Crippen MR) is 75.6 cm³/mol. The number of fused-ring (bicyclic) bond motifs is 1. The number of hydrogen-bond acceptors (Lipinski definition) is 2. The Morgan fingerprint density at radius 3 is 2.89 bits per heavy atom. The third-order valence-electron chi connectivity index (χ3n) is 4.47. The van der Waals surface area contributed by atoms with Crippen molar-refractivity contribution in [1.29, 1.82) is 0 Å². The van der Waals surface area contributed by atoms with Gasteiger partial charge in [-0.25, -0.2) is 0 Å². The molecule has 1 aromatic rings. The second-order valence-electron chi connectivity index (χ2n) is 5.72. The molecule has 3 nitrogen and oxygen atoms in total. The molecule has 1 aromatic carbocycles. The van der Waals surface area contributed by atoms with Gasteiger partial charge in [-0.3, -0.25) is 4.79 Å². The van der Waals surface area contributed by atoms with Crippen LogP contribution in [-0.4, -0.2) is 29.9 Å². The molecule has 19 heavy (non-hydrogen) atoms. The van der Waals surface area contributed by atoms with Crippen LogP contribution in [0.4, 0.5) is 0 Å². The minimum Gasteiger partial charge on any atom is -0.334 e. The summed E-state index contributed by atoms with van der Waals surface area (Å²) < 4.78 is 0. The summed E-state index contributed by atoms with van der Waals surface area (Å²) in [5.74, 6) is 1.02. The molecule has 0 bridgehead atoms. The lowest BCUT2D eigenvalue weighted by atomic mass is 9.86. The van der Waals surface area contributed by atoms with Crippen LogP contribution in [0, 0.1) is 5.92 Å². The molecule has 3 heteroatoms. The number of likely N-dealkylation sites (tertiary alicyclic amines) is 1. The van der Waals surface area contributed by atoms with Gasteiger partial charge in [-0.15, -0.1) is 0 Å². The van der Waals surface area contributed by atoms with Gasteiger partial charge in [0.25, 0.3) is 0 Å². The van der Waals surface area contributed by atoms with Crippen LogP contribution >= 0.6 is 0 Å². The second kappa shape index (κ2) is 5.74. The van der Waals surface area contributed by atoms with E-state index in [1.54, 1.807) is 0 Å². The Morgan fingerprint density at radius 1 is 1.21 bits per heavy atom. The van der Waals surface area contributed by atoms with Gasteiger partial charge in [-0.05, 0) is 37.3 Å².